The van der Waals surface area contributed by atoms with E-state index >= 15 is 0 Å². The van der Waals surface area contributed by atoms with E-state index in [0.717, 1.165) is 0 Å². The van der Waals surface area contributed by atoms with E-state index in [1.165, 1.54) is 0 Å². The second-order valence-corrected chi connectivity index (χ2v) is 10.2. The Hall–Kier alpha value is 0.271. The van der Waals surface area contributed by atoms with Gasteiger partial charge in [-0.2, -0.15) is 45.5 Å². The first kappa shape index (κ1) is 29.3. The number of rotatable bonds is 6. The van der Waals surface area contributed by atoms with Gasteiger partial charge < -0.3 is 0 Å². The van der Waals surface area contributed by atoms with Crippen LogP contribution in [0.5, 0.6) is 0 Å². The van der Waals surface area contributed by atoms with Crippen molar-refractivity contribution in [1.82, 2.24) is 0 Å². The van der Waals surface area contributed by atoms with Crippen LogP contribution in [0.15, 0.2) is 24.3 Å². The van der Waals surface area contributed by atoms with E-state index in [2.05, 4.69) is 107 Å². The van der Waals surface area contributed by atoms with E-state index in [1.807, 2.05) is 0 Å². The van der Waals surface area contributed by atoms with Crippen molar-refractivity contribution in [1.29, 1.82) is 0 Å². The molecule has 0 amide bonds. The largest absolute Gasteiger partial charge is 2.00 e. The van der Waals surface area contributed by atoms with Crippen molar-refractivity contribution in [2.24, 2.45) is 0 Å². The van der Waals surface area contributed by atoms with Crippen LogP contribution in [0.2, 0.25) is 0 Å². The number of hydrogen-bond donors (Lipinski definition) is 0. The molecule has 0 N–H and O–H groups in total. The van der Waals surface area contributed by atoms with Crippen LogP contribution in [0.25, 0.3) is 0 Å². The minimum Gasteiger partial charge on any atom is -0.210 e. The monoisotopic (exact) mass is 520 g/mol. The molecule has 0 aliphatic carbocycles. The topological polar surface area (TPSA) is 0 Å². The summed E-state index contributed by atoms with van der Waals surface area (Å²) in [6.07, 6.45) is 0. The first-order valence-electron chi connectivity index (χ1n) is 11.5. The molecule has 0 aliphatic heterocycles. The third-order valence-corrected chi connectivity index (χ3v) is 5.77. The summed E-state index contributed by atoms with van der Waals surface area (Å²) in [7, 11) is 0. The Morgan fingerprint density at radius 2 is 0.759 bits per heavy atom. The Balaban J connectivity index is 0.000000523. The smallest absolute Gasteiger partial charge is 0.210 e. The molecule has 0 aromatic heterocycles. The minimum atomic E-state index is 0. The molecule has 0 radical (unpaired) electrons. The second kappa shape index (κ2) is 13.0. The van der Waals surface area contributed by atoms with E-state index in [-0.39, 0.29) is 48.9 Å². The van der Waals surface area contributed by atoms with Crippen LogP contribution in [-0.2, 0) is 0 Å². The van der Waals surface area contributed by atoms with Gasteiger partial charge in [0.05, 0.1) is 0 Å². The second-order valence-electron chi connectivity index (χ2n) is 10.2. The number of hydrogen-bond acceptors (Lipinski definition) is 0. The van der Waals surface area contributed by atoms with Gasteiger partial charge in [-0.25, -0.2) is 12.1 Å². The van der Waals surface area contributed by atoms with Gasteiger partial charge in [-0.05, 0) is 11.8 Å². The summed E-state index contributed by atoms with van der Waals surface area (Å²) >= 11 is 0. The molecule has 0 nitrogen and oxygen atoms in total. The van der Waals surface area contributed by atoms with E-state index in [9.17, 15) is 0 Å². The molecular weight excluding hydrogens is 474 g/mol. The Kier molecular flexibility index (Phi) is 13.1. The van der Waals surface area contributed by atoms with Crippen molar-refractivity contribution >= 4 is 48.9 Å². The van der Waals surface area contributed by atoms with E-state index in [4.69, 9.17) is 0 Å². The molecule has 0 bridgehead atoms. The molecule has 29 heavy (non-hydrogen) atoms. The Bertz CT molecular complexity index is 591. The van der Waals surface area contributed by atoms with Gasteiger partial charge in [0.25, 0.3) is 0 Å². The first-order chi connectivity index (χ1) is 12.9. The summed E-state index contributed by atoms with van der Waals surface area (Å²) in [6, 6.07) is 9.26. The predicted octanol–water partition coefficient (Wildman–Crippen LogP) is 9.17. The molecule has 0 atom stereocenters. The van der Waals surface area contributed by atoms with Crippen LogP contribution < -0.4 is 0 Å². The van der Waals surface area contributed by atoms with Gasteiger partial charge >= 0.3 is 48.9 Å². The van der Waals surface area contributed by atoms with Gasteiger partial charge in [0.1, 0.15) is 0 Å². The van der Waals surface area contributed by atoms with Gasteiger partial charge in [-0.3, -0.25) is 0 Å². The fraction of sp³-hybridized carbons (Fsp3) is 0.643. The van der Waals surface area contributed by atoms with Crippen LogP contribution in [-0.4, -0.2) is 48.9 Å². The van der Waals surface area contributed by atoms with Gasteiger partial charge in [-0.1, -0.05) is 107 Å². The first-order valence-corrected chi connectivity index (χ1v) is 11.5. The van der Waals surface area contributed by atoms with E-state index in [0.29, 0.717) is 35.5 Å². The summed E-state index contributed by atoms with van der Waals surface area (Å²) in [6.45, 7) is 27.5. The third kappa shape index (κ3) is 7.72. The maximum Gasteiger partial charge on any atom is 2.00 e. The third-order valence-electron chi connectivity index (χ3n) is 5.77. The van der Waals surface area contributed by atoms with Gasteiger partial charge in [0, 0.05) is 0 Å². The molecule has 160 valence electrons. The molecule has 0 heterocycles. The van der Waals surface area contributed by atoms with Crippen molar-refractivity contribution < 1.29 is 0 Å². The summed E-state index contributed by atoms with van der Waals surface area (Å²) in [5.41, 5.74) is 9.37. The Morgan fingerprint density at radius 1 is 0.483 bits per heavy atom. The molecule has 0 spiro atoms. The van der Waals surface area contributed by atoms with Crippen LogP contribution in [0, 0.1) is 0 Å². The molecule has 2 rings (SSSR count). The van der Waals surface area contributed by atoms with Crippen LogP contribution in [0.4, 0.5) is 0 Å². The summed E-state index contributed by atoms with van der Waals surface area (Å²) in [5, 5.41) is 0. The average Bonchev–Trinajstić information content (AvgIpc) is 3.20. The zero-order chi connectivity index (χ0) is 21.8. The van der Waals surface area contributed by atoms with Crippen molar-refractivity contribution in [3.8, 4) is 0 Å². The summed E-state index contributed by atoms with van der Waals surface area (Å²) < 4.78 is 0. The van der Waals surface area contributed by atoms with Crippen molar-refractivity contribution in [3.63, 3.8) is 0 Å². The van der Waals surface area contributed by atoms with Gasteiger partial charge in [0.15, 0.2) is 0 Å². The van der Waals surface area contributed by atoms with Crippen LogP contribution in [0.3, 0.4) is 0 Å². The zero-order valence-electron chi connectivity index (χ0n) is 21.5. The van der Waals surface area contributed by atoms with Gasteiger partial charge in [-0.15, -0.1) is 0 Å². The molecule has 0 aliphatic rings. The fourth-order valence-electron chi connectivity index (χ4n) is 4.40. The SMILES string of the molecule is CC(C)c1cc[c-](C(C)C)c1C(C)C.CC(C)c1cc[c-](C(C)C)c1C(C)C.[Ba+2]. The Morgan fingerprint density at radius 3 is 0.931 bits per heavy atom. The van der Waals surface area contributed by atoms with Crippen molar-refractivity contribution in [3.05, 3.63) is 57.6 Å². The maximum atomic E-state index is 2.31. The maximum absolute atomic E-state index is 2.31. The fourth-order valence-corrected chi connectivity index (χ4v) is 4.40. The molecule has 0 saturated heterocycles. The van der Waals surface area contributed by atoms with Crippen LogP contribution in [0.1, 0.15) is 152 Å². The van der Waals surface area contributed by atoms with Crippen molar-refractivity contribution in [2.75, 3.05) is 0 Å². The molecule has 1 heteroatoms. The summed E-state index contributed by atoms with van der Waals surface area (Å²) in [4.78, 5) is 0. The summed E-state index contributed by atoms with van der Waals surface area (Å²) in [5.74, 6) is 3.92. The zero-order valence-corrected chi connectivity index (χ0v) is 25.9. The Labute approximate surface area is 223 Å². The normalized spacial score (nSPS) is 11.7. The van der Waals surface area contributed by atoms with E-state index < -0.39 is 0 Å². The quantitative estimate of drug-likeness (QED) is 0.263. The average molecular weight is 520 g/mol. The minimum absolute atomic E-state index is 0. The predicted molar refractivity (Wildman–Crippen MR) is 134 cm³/mol. The van der Waals surface area contributed by atoms with Gasteiger partial charge in [0.2, 0.25) is 0 Å². The molecule has 0 saturated carbocycles. The van der Waals surface area contributed by atoms with Crippen molar-refractivity contribution in [2.45, 2.75) is 119 Å². The van der Waals surface area contributed by atoms with E-state index in [1.54, 1.807) is 33.4 Å². The molecule has 2 aromatic carbocycles. The molecule has 0 unspecified atom stereocenters. The standard InChI is InChI=1S/2C14H23.Ba/c2*1-9(2)12-7-8-13(10(3)4)14(12)11(5)6;/h2*7-11H,1-6H3;/q2*-1;+2. The van der Waals surface area contributed by atoms with Crippen LogP contribution >= 0.6 is 0 Å². The molecular formula is C28H46Ba. The molecule has 2 aromatic rings. The molecule has 0 fully saturated rings.